The van der Waals surface area contributed by atoms with Gasteiger partial charge in [-0.15, -0.1) is 12.4 Å². The summed E-state index contributed by atoms with van der Waals surface area (Å²) in [6.45, 7) is 1.29. The van der Waals surface area contributed by atoms with Gasteiger partial charge in [-0.2, -0.15) is 5.10 Å². The number of hydrogen-bond acceptors (Lipinski definition) is 3. The Morgan fingerprint density at radius 3 is 2.81 bits per heavy atom. The first kappa shape index (κ1) is 15.5. The molecule has 0 aliphatic heterocycles. The molecule has 0 spiro atoms. The molecule has 1 amide bonds. The summed E-state index contributed by atoms with van der Waals surface area (Å²) in [7, 11) is 0. The first-order chi connectivity index (χ1) is 9.83. The largest absolute Gasteiger partial charge is 0.323 e. The fraction of sp³-hybridized carbons (Fsp3) is 0.333. The van der Waals surface area contributed by atoms with E-state index in [2.05, 4.69) is 15.7 Å². The van der Waals surface area contributed by atoms with Gasteiger partial charge in [-0.3, -0.25) is 4.79 Å². The highest BCUT2D eigenvalue weighted by Crippen LogP contribution is 2.27. The van der Waals surface area contributed by atoms with Gasteiger partial charge in [-0.1, -0.05) is 12.1 Å². The molecule has 5 nitrogen and oxygen atoms in total. The van der Waals surface area contributed by atoms with Crippen LogP contribution in [0.1, 0.15) is 12.8 Å². The van der Waals surface area contributed by atoms with Gasteiger partial charge in [0.25, 0.3) is 0 Å². The molecular formula is C15H19ClN4O. The van der Waals surface area contributed by atoms with E-state index < -0.39 is 0 Å². The summed E-state index contributed by atoms with van der Waals surface area (Å²) in [6, 6.07) is 9.50. The summed E-state index contributed by atoms with van der Waals surface area (Å²) in [5.41, 5.74) is 1.64. The van der Waals surface area contributed by atoms with Crippen LogP contribution in [0, 0.1) is 5.92 Å². The Kier molecular flexibility index (Phi) is 5.36. The molecule has 112 valence electrons. The number of hydrogen-bond donors (Lipinski definition) is 2. The van der Waals surface area contributed by atoms with Gasteiger partial charge in [0.05, 0.1) is 17.9 Å². The number of nitrogens with zero attached hydrogens (tertiary/aromatic N) is 2. The van der Waals surface area contributed by atoms with Gasteiger partial charge in [0, 0.05) is 12.4 Å². The van der Waals surface area contributed by atoms with Gasteiger partial charge in [0.1, 0.15) is 0 Å². The van der Waals surface area contributed by atoms with E-state index in [0.29, 0.717) is 6.54 Å². The lowest BCUT2D eigenvalue weighted by Gasteiger charge is -2.11. The molecule has 0 radical (unpaired) electrons. The Labute approximate surface area is 130 Å². The zero-order chi connectivity index (χ0) is 13.8. The number of halogens is 1. The van der Waals surface area contributed by atoms with Crippen LogP contribution in [0.15, 0.2) is 42.7 Å². The van der Waals surface area contributed by atoms with Gasteiger partial charge < -0.3 is 10.6 Å². The van der Waals surface area contributed by atoms with Crippen LogP contribution < -0.4 is 10.6 Å². The minimum absolute atomic E-state index is 0. The summed E-state index contributed by atoms with van der Waals surface area (Å²) in [5, 5.41) is 10.3. The Balaban J connectivity index is 0.00000161. The molecule has 1 heterocycles. The summed E-state index contributed by atoms with van der Waals surface area (Å²) in [4.78, 5) is 11.9. The fourth-order valence-electron chi connectivity index (χ4n) is 2.10. The Morgan fingerprint density at radius 2 is 2.10 bits per heavy atom. The predicted octanol–water partition coefficient (Wildman–Crippen LogP) is 2.23. The zero-order valence-corrected chi connectivity index (χ0v) is 12.5. The van der Waals surface area contributed by atoms with Crippen molar-refractivity contribution in [2.45, 2.75) is 12.8 Å². The summed E-state index contributed by atoms with van der Waals surface area (Å²) in [6.07, 6.45) is 6.15. The van der Waals surface area contributed by atoms with Crippen molar-refractivity contribution >= 4 is 24.0 Å². The molecule has 2 N–H and O–H groups in total. The summed E-state index contributed by atoms with van der Waals surface area (Å²) < 4.78 is 1.74. The van der Waals surface area contributed by atoms with Crippen LogP contribution in [0.3, 0.4) is 0 Å². The molecule has 1 saturated carbocycles. The highest BCUT2D eigenvalue weighted by Gasteiger charge is 2.20. The van der Waals surface area contributed by atoms with Gasteiger partial charge in [0.15, 0.2) is 0 Å². The number of carbonyl (C=O) groups is 1. The fourth-order valence-corrected chi connectivity index (χ4v) is 2.10. The van der Waals surface area contributed by atoms with E-state index in [4.69, 9.17) is 0 Å². The van der Waals surface area contributed by atoms with E-state index in [0.717, 1.165) is 23.8 Å². The number of rotatable bonds is 6. The molecule has 0 atom stereocenters. The van der Waals surface area contributed by atoms with Gasteiger partial charge in [-0.05, 0) is 43.5 Å². The molecule has 1 aromatic carbocycles. The number of para-hydroxylation sites is 2. The number of amides is 1. The van der Waals surface area contributed by atoms with Gasteiger partial charge >= 0.3 is 0 Å². The first-order valence-electron chi connectivity index (χ1n) is 6.92. The Morgan fingerprint density at radius 1 is 1.29 bits per heavy atom. The lowest BCUT2D eigenvalue weighted by atomic mass is 10.2. The van der Waals surface area contributed by atoms with Gasteiger partial charge in [-0.25, -0.2) is 4.68 Å². The van der Waals surface area contributed by atoms with E-state index in [1.54, 1.807) is 10.9 Å². The van der Waals surface area contributed by atoms with E-state index in [-0.39, 0.29) is 18.3 Å². The molecule has 1 fully saturated rings. The predicted molar refractivity (Wildman–Crippen MR) is 85.0 cm³/mol. The van der Waals surface area contributed by atoms with E-state index >= 15 is 0 Å². The van der Waals surface area contributed by atoms with E-state index in [1.165, 1.54) is 12.8 Å². The number of anilines is 1. The monoisotopic (exact) mass is 306 g/mol. The quantitative estimate of drug-likeness (QED) is 0.860. The minimum atomic E-state index is -0.0229. The van der Waals surface area contributed by atoms with Crippen LogP contribution >= 0.6 is 12.4 Å². The Bertz CT molecular complexity index is 581. The van der Waals surface area contributed by atoms with Crippen molar-refractivity contribution in [1.29, 1.82) is 0 Å². The second-order valence-electron chi connectivity index (χ2n) is 5.09. The molecule has 1 aliphatic carbocycles. The molecule has 2 aromatic rings. The third kappa shape index (κ3) is 4.31. The van der Waals surface area contributed by atoms with Crippen molar-refractivity contribution in [2.24, 2.45) is 5.92 Å². The van der Waals surface area contributed by atoms with Crippen molar-refractivity contribution in [3.05, 3.63) is 42.7 Å². The highest BCUT2D eigenvalue weighted by atomic mass is 35.5. The third-order valence-corrected chi connectivity index (χ3v) is 3.34. The van der Waals surface area contributed by atoms with E-state index in [1.807, 2.05) is 36.5 Å². The van der Waals surface area contributed by atoms with Crippen LogP contribution in [0.4, 0.5) is 5.69 Å². The molecule has 1 aliphatic rings. The van der Waals surface area contributed by atoms with Crippen LogP contribution in [0.5, 0.6) is 0 Å². The maximum Gasteiger partial charge on any atom is 0.238 e. The summed E-state index contributed by atoms with van der Waals surface area (Å²) >= 11 is 0. The lowest BCUT2D eigenvalue weighted by Crippen LogP contribution is -2.29. The standard InChI is InChI=1S/C15H18N4O.ClH/c20-15(11-16-10-12-6-7-12)18-13-4-1-2-5-14(13)19-9-3-8-17-19;/h1-5,8-9,12,16H,6-7,10-11H2,(H,18,20);1H. The lowest BCUT2D eigenvalue weighted by molar-refractivity contribution is -0.115. The number of aromatic nitrogens is 2. The molecule has 0 unspecified atom stereocenters. The number of benzene rings is 1. The average molecular weight is 307 g/mol. The topological polar surface area (TPSA) is 59.0 Å². The van der Waals surface area contributed by atoms with Crippen molar-refractivity contribution < 1.29 is 4.79 Å². The number of nitrogens with one attached hydrogen (secondary N) is 2. The molecule has 1 aromatic heterocycles. The summed E-state index contributed by atoms with van der Waals surface area (Å²) in [5.74, 6) is 0.754. The van der Waals surface area contributed by atoms with Crippen molar-refractivity contribution in [3.63, 3.8) is 0 Å². The maximum atomic E-state index is 11.9. The van der Waals surface area contributed by atoms with Crippen LogP contribution in [-0.4, -0.2) is 28.8 Å². The third-order valence-electron chi connectivity index (χ3n) is 3.34. The Hall–Kier alpha value is -1.85. The van der Waals surface area contributed by atoms with E-state index in [9.17, 15) is 4.79 Å². The molecular weight excluding hydrogens is 288 g/mol. The van der Waals surface area contributed by atoms with Crippen molar-refractivity contribution in [3.8, 4) is 5.69 Å². The molecule has 0 saturated heterocycles. The SMILES string of the molecule is Cl.O=C(CNCC1CC1)Nc1ccccc1-n1cccn1. The average Bonchev–Trinajstić information content (AvgIpc) is 3.11. The molecule has 3 rings (SSSR count). The van der Waals surface area contributed by atoms with Crippen LogP contribution in [0.25, 0.3) is 5.69 Å². The molecule has 6 heteroatoms. The van der Waals surface area contributed by atoms with Crippen LogP contribution in [-0.2, 0) is 4.79 Å². The van der Waals surface area contributed by atoms with Crippen molar-refractivity contribution in [2.75, 3.05) is 18.4 Å². The number of carbonyl (C=O) groups excluding carboxylic acids is 1. The van der Waals surface area contributed by atoms with Gasteiger partial charge in [0.2, 0.25) is 5.91 Å². The second-order valence-corrected chi connectivity index (χ2v) is 5.09. The highest BCUT2D eigenvalue weighted by molar-refractivity contribution is 5.94. The van der Waals surface area contributed by atoms with Crippen LogP contribution in [0.2, 0.25) is 0 Å². The molecule has 0 bridgehead atoms. The molecule has 21 heavy (non-hydrogen) atoms. The maximum absolute atomic E-state index is 11.9. The first-order valence-corrected chi connectivity index (χ1v) is 6.92. The zero-order valence-electron chi connectivity index (χ0n) is 11.7. The smallest absolute Gasteiger partial charge is 0.238 e. The normalized spacial score (nSPS) is 13.5. The van der Waals surface area contributed by atoms with Crippen molar-refractivity contribution in [1.82, 2.24) is 15.1 Å². The second kappa shape index (κ2) is 7.24. The minimum Gasteiger partial charge on any atom is -0.323 e.